The molecular formula is C11H19F3N2O2. The van der Waals surface area contributed by atoms with Crippen LogP contribution < -0.4 is 5.73 Å². The molecule has 0 aromatic heterocycles. The Bertz CT molecular complexity index is 295. The molecule has 0 aromatic rings. The van der Waals surface area contributed by atoms with Crippen molar-refractivity contribution in [2.24, 2.45) is 22.7 Å². The quantitative estimate of drug-likeness (QED) is 0.356. The molecule has 18 heavy (non-hydrogen) atoms. The third-order valence-corrected chi connectivity index (χ3v) is 3.25. The molecule has 0 aliphatic heterocycles. The molecule has 1 fully saturated rings. The van der Waals surface area contributed by atoms with E-state index in [2.05, 4.69) is 12.1 Å². The lowest BCUT2D eigenvalue weighted by molar-refractivity contribution is -0.174. The van der Waals surface area contributed by atoms with Gasteiger partial charge in [-0.3, -0.25) is 0 Å². The van der Waals surface area contributed by atoms with Crippen LogP contribution in [0.25, 0.3) is 0 Å². The first-order chi connectivity index (χ1) is 8.34. The Labute approximate surface area is 104 Å². The first-order valence-electron chi connectivity index (χ1n) is 6.00. The van der Waals surface area contributed by atoms with Gasteiger partial charge in [-0.15, -0.1) is 0 Å². The lowest BCUT2D eigenvalue weighted by Crippen LogP contribution is -2.40. The van der Waals surface area contributed by atoms with Crippen LogP contribution in [0.15, 0.2) is 5.16 Å². The van der Waals surface area contributed by atoms with E-state index in [1.807, 2.05) is 0 Å². The Morgan fingerprint density at radius 2 is 2.17 bits per heavy atom. The molecule has 7 heteroatoms. The van der Waals surface area contributed by atoms with Crippen molar-refractivity contribution in [3.63, 3.8) is 0 Å². The highest BCUT2D eigenvalue weighted by Crippen LogP contribution is 2.30. The van der Waals surface area contributed by atoms with Gasteiger partial charge in [-0.1, -0.05) is 24.9 Å². The molecule has 0 heterocycles. The summed E-state index contributed by atoms with van der Waals surface area (Å²) in [5.41, 5.74) is 5.05. The van der Waals surface area contributed by atoms with E-state index in [1.165, 1.54) is 0 Å². The molecule has 1 rings (SSSR count). The van der Waals surface area contributed by atoms with Crippen molar-refractivity contribution in [2.45, 2.75) is 44.9 Å². The Kier molecular flexibility index (Phi) is 5.25. The summed E-state index contributed by atoms with van der Waals surface area (Å²) in [4.78, 5) is 0. The van der Waals surface area contributed by atoms with Gasteiger partial charge in [0.25, 0.3) is 0 Å². The van der Waals surface area contributed by atoms with Crippen LogP contribution in [0.3, 0.4) is 0 Å². The van der Waals surface area contributed by atoms with Gasteiger partial charge in [0.15, 0.2) is 5.84 Å². The smallest absolute Gasteiger partial charge is 0.401 e. The average Bonchev–Trinajstić information content (AvgIpc) is 2.27. The SMILES string of the molecule is CC1CCCC(OCC(C(N)=NO)C(F)(F)F)C1. The fourth-order valence-corrected chi connectivity index (χ4v) is 2.18. The third kappa shape index (κ3) is 4.36. The van der Waals surface area contributed by atoms with Crippen LogP contribution in [0.1, 0.15) is 32.6 Å². The second kappa shape index (κ2) is 6.26. The molecule has 0 saturated heterocycles. The zero-order chi connectivity index (χ0) is 13.8. The molecule has 1 aliphatic carbocycles. The van der Waals surface area contributed by atoms with Crippen molar-refractivity contribution in [1.82, 2.24) is 0 Å². The Morgan fingerprint density at radius 1 is 1.50 bits per heavy atom. The lowest BCUT2D eigenvalue weighted by Gasteiger charge is -2.28. The minimum absolute atomic E-state index is 0.162. The highest BCUT2D eigenvalue weighted by Gasteiger charge is 2.43. The average molecular weight is 268 g/mol. The second-order valence-electron chi connectivity index (χ2n) is 4.85. The Morgan fingerprint density at radius 3 is 2.67 bits per heavy atom. The van der Waals surface area contributed by atoms with Crippen LogP contribution in [0.4, 0.5) is 13.2 Å². The summed E-state index contributed by atoms with van der Waals surface area (Å²) in [6.07, 6.45) is -1.14. The van der Waals surface area contributed by atoms with Crippen molar-refractivity contribution in [1.29, 1.82) is 0 Å². The first kappa shape index (κ1) is 15.1. The zero-order valence-electron chi connectivity index (χ0n) is 10.3. The van der Waals surface area contributed by atoms with E-state index < -0.39 is 24.5 Å². The van der Waals surface area contributed by atoms with Crippen LogP contribution in [0.5, 0.6) is 0 Å². The number of nitrogens with two attached hydrogens (primary N) is 1. The summed E-state index contributed by atoms with van der Waals surface area (Å²) in [7, 11) is 0. The molecule has 4 nitrogen and oxygen atoms in total. The van der Waals surface area contributed by atoms with Gasteiger partial charge < -0.3 is 15.7 Å². The maximum Gasteiger partial charge on any atom is 0.401 e. The number of hydrogen-bond donors (Lipinski definition) is 2. The first-order valence-corrected chi connectivity index (χ1v) is 6.00. The molecule has 106 valence electrons. The van der Waals surface area contributed by atoms with Crippen molar-refractivity contribution >= 4 is 5.84 Å². The number of halogens is 3. The van der Waals surface area contributed by atoms with Crippen molar-refractivity contribution < 1.29 is 23.1 Å². The van der Waals surface area contributed by atoms with Gasteiger partial charge in [0.1, 0.15) is 5.92 Å². The van der Waals surface area contributed by atoms with Crippen LogP contribution in [0, 0.1) is 11.8 Å². The lowest BCUT2D eigenvalue weighted by atomic mass is 9.88. The Balaban J connectivity index is 2.52. The van der Waals surface area contributed by atoms with Gasteiger partial charge in [0, 0.05) is 0 Å². The standard InChI is InChI=1S/C11H19F3N2O2/c1-7-3-2-4-8(5-7)18-6-9(10(15)16-17)11(12,13)14/h7-9,17H,2-6H2,1H3,(H2,15,16). The van der Waals surface area contributed by atoms with E-state index in [0.29, 0.717) is 5.92 Å². The van der Waals surface area contributed by atoms with Gasteiger partial charge in [-0.05, 0) is 18.8 Å². The highest BCUT2D eigenvalue weighted by atomic mass is 19.4. The van der Waals surface area contributed by atoms with Crippen molar-refractivity contribution in [2.75, 3.05) is 6.61 Å². The second-order valence-corrected chi connectivity index (χ2v) is 4.85. The number of oxime groups is 1. The van der Waals surface area contributed by atoms with Gasteiger partial charge in [0.05, 0.1) is 12.7 Å². The largest absolute Gasteiger partial charge is 0.409 e. The summed E-state index contributed by atoms with van der Waals surface area (Å²) in [6.45, 7) is 1.47. The van der Waals surface area contributed by atoms with E-state index in [1.54, 1.807) is 0 Å². The minimum Gasteiger partial charge on any atom is -0.409 e. The van der Waals surface area contributed by atoms with E-state index in [4.69, 9.17) is 15.7 Å². The molecule has 0 amide bonds. The van der Waals surface area contributed by atoms with Gasteiger partial charge in [0.2, 0.25) is 0 Å². The monoisotopic (exact) mass is 268 g/mol. The normalized spacial score (nSPS) is 28.1. The van der Waals surface area contributed by atoms with E-state index in [0.717, 1.165) is 25.7 Å². The number of rotatable bonds is 4. The molecule has 1 aliphatic rings. The molecular weight excluding hydrogens is 249 g/mol. The molecule has 3 N–H and O–H groups in total. The summed E-state index contributed by atoms with van der Waals surface area (Å²) in [5.74, 6) is -2.43. The molecule has 0 radical (unpaired) electrons. The molecule has 0 aromatic carbocycles. The van der Waals surface area contributed by atoms with Crippen LogP contribution in [-0.2, 0) is 4.74 Å². The number of amidine groups is 1. The van der Waals surface area contributed by atoms with Crippen molar-refractivity contribution in [3.05, 3.63) is 0 Å². The van der Waals surface area contributed by atoms with Gasteiger partial charge in [-0.2, -0.15) is 13.2 Å². The molecule has 3 atom stereocenters. The van der Waals surface area contributed by atoms with Crippen LogP contribution >= 0.6 is 0 Å². The van der Waals surface area contributed by atoms with Gasteiger partial charge in [-0.25, -0.2) is 0 Å². The van der Waals surface area contributed by atoms with E-state index >= 15 is 0 Å². The predicted octanol–water partition coefficient (Wildman–Crippen LogP) is 2.51. The van der Waals surface area contributed by atoms with Crippen LogP contribution in [0.2, 0.25) is 0 Å². The topological polar surface area (TPSA) is 67.8 Å². The van der Waals surface area contributed by atoms with E-state index in [-0.39, 0.29) is 6.10 Å². The number of hydrogen-bond acceptors (Lipinski definition) is 3. The highest BCUT2D eigenvalue weighted by molar-refractivity contribution is 5.83. The number of alkyl halides is 3. The fraction of sp³-hybridized carbons (Fsp3) is 0.909. The van der Waals surface area contributed by atoms with E-state index in [9.17, 15) is 13.2 Å². The third-order valence-electron chi connectivity index (χ3n) is 3.25. The fourth-order valence-electron chi connectivity index (χ4n) is 2.18. The maximum absolute atomic E-state index is 12.6. The summed E-state index contributed by atoms with van der Waals surface area (Å²) in [5, 5.41) is 10.8. The predicted molar refractivity (Wildman–Crippen MR) is 60.3 cm³/mol. The summed E-state index contributed by atoms with van der Waals surface area (Å²) >= 11 is 0. The maximum atomic E-state index is 12.6. The minimum atomic E-state index is -4.56. The molecule has 3 unspecified atom stereocenters. The zero-order valence-corrected chi connectivity index (χ0v) is 10.3. The molecule has 0 spiro atoms. The van der Waals surface area contributed by atoms with Crippen LogP contribution in [-0.4, -0.2) is 29.9 Å². The molecule has 0 bridgehead atoms. The summed E-state index contributed by atoms with van der Waals surface area (Å²) < 4.78 is 43.2. The Hall–Kier alpha value is -0.980. The number of ether oxygens (including phenoxy) is 1. The van der Waals surface area contributed by atoms with Crippen molar-refractivity contribution in [3.8, 4) is 0 Å². The summed E-state index contributed by atoms with van der Waals surface area (Å²) in [6, 6.07) is 0. The molecule has 1 saturated carbocycles. The van der Waals surface area contributed by atoms with Gasteiger partial charge >= 0.3 is 6.18 Å². The number of nitrogens with zero attached hydrogens (tertiary/aromatic N) is 1.